The van der Waals surface area contributed by atoms with Crippen LogP contribution in [0.4, 0.5) is 0 Å². The zero-order chi connectivity index (χ0) is 11.5. The summed E-state index contributed by atoms with van der Waals surface area (Å²) in [5.41, 5.74) is 1.43. The number of halogens is 2. The van der Waals surface area contributed by atoms with Gasteiger partial charge < -0.3 is 4.74 Å². The molecule has 2 atom stereocenters. The minimum absolute atomic E-state index is 0.472. The Morgan fingerprint density at radius 2 is 2.44 bits per heavy atom. The number of alkyl halides is 1. The van der Waals surface area contributed by atoms with Gasteiger partial charge in [0.1, 0.15) is 0 Å². The lowest BCUT2D eigenvalue weighted by Gasteiger charge is -2.13. The molecule has 0 spiro atoms. The van der Waals surface area contributed by atoms with Crippen molar-refractivity contribution in [1.29, 1.82) is 0 Å². The van der Waals surface area contributed by atoms with Gasteiger partial charge >= 0.3 is 0 Å². The van der Waals surface area contributed by atoms with Gasteiger partial charge in [-0.05, 0) is 60.2 Å². The van der Waals surface area contributed by atoms with Gasteiger partial charge in [-0.15, -0.1) is 11.3 Å². The van der Waals surface area contributed by atoms with Crippen molar-refractivity contribution in [3.05, 3.63) is 20.3 Å². The minimum Gasteiger partial charge on any atom is -0.378 e. The Kier molecular flexibility index (Phi) is 4.89. The van der Waals surface area contributed by atoms with E-state index in [9.17, 15) is 0 Å². The predicted molar refractivity (Wildman–Crippen MR) is 76.6 cm³/mol. The van der Waals surface area contributed by atoms with E-state index in [0.29, 0.717) is 10.9 Å². The molecule has 0 radical (unpaired) electrons. The third-order valence-electron chi connectivity index (χ3n) is 3.03. The number of thiophene rings is 1. The molecule has 0 N–H and O–H groups in total. The molecule has 1 aliphatic heterocycles. The first kappa shape index (κ1) is 13.1. The maximum absolute atomic E-state index is 5.65. The highest BCUT2D eigenvalue weighted by molar-refractivity contribution is 9.11. The number of rotatable bonds is 4. The molecule has 1 aromatic heterocycles. The molecule has 1 saturated heterocycles. The van der Waals surface area contributed by atoms with E-state index >= 15 is 0 Å². The molecule has 90 valence electrons. The van der Waals surface area contributed by atoms with Gasteiger partial charge in [0.05, 0.1) is 9.89 Å². The molecule has 1 fully saturated rings. The lowest BCUT2D eigenvalue weighted by atomic mass is 10.1. The highest BCUT2D eigenvalue weighted by atomic mass is 79.9. The van der Waals surface area contributed by atoms with Crippen LogP contribution in [0.1, 0.15) is 41.0 Å². The van der Waals surface area contributed by atoms with Gasteiger partial charge in [0.25, 0.3) is 0 Å². The second-order valence-corrected chi connectivity index (χ2v) is 7.98. The summed E-state index contributed by atoms with van der Waals surface area (Å²) in [6, 6.07) is 2.23. The van der Waals surface area contributed by atoms with Crippen molar-refractivity contribution in [3.8, 4) is 0 Å². The Bertz CT molecular complexity index is 345. The van der Waals surface area contributed by atoms with Crippen LogP contribution in [0.2, 0.25) is 0 Å². The van der Waals surface area contributed by atoms with E-state index < -0.39 is 0 Å². The number of aryl methyl sites for hydroxylation is 1. The van der Waals surface area contributed by atoms with Crippen LogP contribution in [0.25, 0.3) is 0 Å². The van der Waals surface area contributed by atoms with Crippen molar-refractivity contribution in [3.63, 3.8) is 0 Å². The summed E-state index contributed by atoms with van der Waals surface area (Å²) in [4.78, 5) is 1.88. The van der Waals surface area contributed by atoms with E-state index in [-0.39, 0.29) is 0 Å². The zero-order valence-corrected chi connectivity index (χ0v) is 13.3. The molecular weight excluding hydrogens is 352 g/mol. The van der Waals surface area contributed by atoms with Crippen LogP contribution in [0, 0.1) is 6.92 Å². The van der Waals surface area contributed by atoms with E-state index in [1.54, 1.807) is 0 Å². The molecule has 0 bridgehead atoms. The minimum atomic E-state index is 0.472. The van der Waals surface area contributed by atoms with Gasteiger partial charge in [-0.2, -0.15) is 0 Å². The van der Waals surface area contributed by atoms with Crippen molar-refractivity contribution in [2.75, 3.05) is 6.61 Å². The van der Waals surface area contributed by atoms with Crippen molar-refractivity contribution >= 4 is 43.2 Å². The molecule has 0 aromatic carbocycles. The van der Waals surface area contributed by atoms with Crippen LogP contribution < -0.4 is 0 Å². The lowest BCUT2D eigenvalue weighted by molar-refractivity contribution is 0.102. The van der Waals surface area contributed by atoms with E-state index in [1.165, 1.54) is 33.5 Å². The lowest BCUT2D eigenvalue weighted by Crippen LogP contribution is -2.05. The average Bonchev–Trinajstić information content (AvgIpc) is 2.84. The molecule has 0 aliphatic carbocycles. The van der Waals surface area contributed by atoms with Crippen LogP contribution >= 0.6 is 43.2 Å². The number of hydrogen-bond donors (Lipinski definition) is 0. The van der Waals surface area contributed by atoms with Gasteiger partial charge in [0.15, 0.2) is 0 Å². The monoisotopic (exact) mass is 366 g/mol. The first-order chi connectivity index (χ1) is 7.66. The Hall–Kier alpha value is 0.620. The van der Waals surface area contributed by atoms with Crippen LogP contribution in [-0.4, -0.2) is 12.7 Å². The Morgan fingerprint density at radius 3 is 3.00 bits per heavy atom. The number of hydrogen-bond acceptors (Lipinski definition) is 2. The van der Waals surface area contributed by atoms with Gasteiger partial charge in [-0.1, -0.05) is 15.9 Å². The second-order valence-electron chi connectivity index (χ2n) is 4.24. The van der Waals surface area contributed by atoms with Crippen molar-refractivity contribution < 1.29 is 4.74 Å². The fourth-order valence-electron chi connectivity index (χ4n) is 2.13. The maximum Gasteiger partial charge on any atom is 0.0704 e. The average molecular weight is 368 g/mol. The van der Waals surface area contributed by atoms with Gasteiger partial charge in [0.2, 0.25) is 0 Å². The summed E-state index contributed by atoms with van der Waals surface area (Å²) in [5, 5.41) is 0. The molecule has 2 unspecified atom stereocenters. The third-order valence-corrected chi connectivity index (χ3v) is 5.55. The highest BCUT2D eigenvalue weighted by Gasteiger charge is 2.19. The van der Waals surface area contributed by atoms with E-state index in [2.05, 4.69) is 44.8 Å². The smallest absolute Gasteiger partial charge is 0.0704 e. The Morgan fingerprint density at radius 1 is 1.62 bits per heavy atom. The number of ether oxygens (including phenoxy) is 1. The zero-order valence-electron chi connectivity index (χ0n) is 9.34. The standard InChI is InChI=1S/C12H16Br2OS/c1-8-10(7-12(14)16-8)11(13)5-4-9-3-2-6-15-9/h7,9,11H,2-6H2,1H3. The Labute approximate surface area is 118 Å². The first-order valence-corrected chi connectivity index (χ1v) is 8.21. The predicted octanol–water partition coefficient (Wildman–Crippen LogP) is 5.21. The fourth-order valence-corrected chi connectivity index (χ4v) is 4.79. The summed E-state index contributed by atoms with van der Waals surface area (Å²) in [7, 11) is 0. The topological polar surface area (TPSA) is 9.23 Å². The van der Waals surface area contributed by atoms with Crippen molar-refractivity contribution in [1.82, 2.24) is 0 Å². The van der Waals surface area contributed by atoms with Crippen LogP contribution in [0.3, 0.4) is 0 Å². The maximum atomic E-state index is 5.65. The molecule has 0 saturated carbocycles. The fraction of sp³-hybridized carbons (Fsp3) is 0.667. The normalized spacial score (nSPS) is 22.6. The summed E-state index contributed by atoms with van der Waals surface area (Å²) >= 11 is 9.14. The summed E-state index contributed by atoms with van der Waals surface area (Å²) in [6.45, 7) is 3.14. The molecule has 1 aromatic rings. The van der Waals surface area contributed by atoms with Gasteiger partial charge in [0, 0.05) is 16.3 Å². The summed E-state index contributed by atoms with van der Waals surface area (Å²) < 4.78 is 6.87. The Balaban J connectivity index is 1.87. The van der Waals surface area contributed by atoms with Crippen LogP contribution in [0.5, 0.6) is 0 Å². The molecule has 2 rings (SSSR count). The molecule has 1 nitrogen and oxygen atoms in total. The summed E-state index contributed by atoms with van der Waals surface area (Å²) in [6.07, 6.45) is 5.31. The van der Waals surface area contributed by atoms with Crippen LogP contribution in [-0.2, 0) is 4.74 Å². The largest absolute Gasteiger partial charge is 0.378 e. The molecule has 4 heteroatoms. The van der Waals surface area contributed by atoms with E-state index in [0.717, 1.165) is 13.0 Å². The molecule has 1 aliphatic rings. The summed E-state index contributed by atoms with van der Waals surface area (Å²) in [5.74, 6) is 0. The van der Waals surface area contributed by atoms with E-state index in [4.69, 9.17) is 4.74 Å². The first-order valence-electron chi connectivity index (χ1n) is 5.68. The van der Waals surface area contributed by atoms with Crippen molar-refractivity contribution in [2.24, 2.45) is 0 Å². The van der Waals surface area contributed by atoms with E-state index in [1.807, 2.05) is 11.3 Å². The highest BCUT2D eigenvalue weighted by Crippen LogP contribution is 2.37. The molecule has 16 heavy (non-hydrogen) atoms. The SMILES string of the molecule is Cc1sc(Br)cc1C(Br)CCC1CCCO1. The molecular formula is C12H16Br2OS. The second kappa shape index (κ2) is 5.98. The van der Waals surface area contributed by atoms with Crippen molar-refractivity contribution in [2.45, 2.75) is 43.5 Å². The third kappa shape index (κ3) is 3.31. The quantitative estimate of drug-likeness (QED) is 0.663. The molecule has 2 heterocycles. The van der Waals surface area contributed by atoms with Gasteiger partial charge in [-0.25, -0.2) is 0 Å². The molecule has 0 amide bonds. The van der Waals surface area contributed by atoms with Gasteiger partial charge in [-0.3, -0.25) is 0 Å². The van der Waals surface area contributed by atoms with Crippen LogP contribution in [0.15, 0.2) is 9.85 Å².